The van der Waals surface area contributed by atoms with Crippen molar-refractivity contribution in [2.75, 3.05) is 0 Å². The number of hydrogen-bond acceptors (Lipinski definition) is 4. The summed E-state index contributed by atoms with van der Waals surface area (Å²) in [6.45, 7) is 1.97. The zero-order chi connectivity index (χ0) is 12.4. The SMILES string of the molecule is CCn1c(O)c(/C=C2\C=CC=N2)c(=O)[nH]c1=O. The normalized spacial score (nSPS) is 15.9. The van der Waals surface area contributed by atoms with Crippen molar-refractivity contribution in [2.24, 2.45) is 4.99 Å². The number of allylic oxidation sites excluding steroid dienone is 2. The molecule has 2 heterocycles. The van der Waals surface area contributed by atoms with Gasteiger partial charge in [0.25, 0.3) is 5.56 Å². The van der Waals surface area contributed by atoms with Crippen LogP contribution in [0.25, 0.3) is 6.08 Å². The van der Waals surface area contributed by atoms with Crippen molar-refractivity contribution in [1.82, 2.24) is 9.55 Å². The fourth-order valence-corrected chi connectivity index (χ4v) is 1.55. The molecule has 17 heavy (non-hydrogen) atoms. The zero-order valence-corrected chi connectivity index (χ0v) is 9.17. The van der Waals surface area contributed by atoms with Gasteiger partial charge in [-0.05, 0) is 25.2 Å². The first-order chi connectivity index (χ1) is 8.13. The second-order valence-corrected chi connectivity index (χ2v) is 3.45. The van der Waals surface area contributed by atoms with Crippen LogP contribution in [0.1, 0.15) is 12.5 Å². The van der Waals surface area contributed by atoms with Gasteiger partial charge < -0.3 is 5.11 Å². The Hall–Kier alpha value is -2.37. The van der Waals surface area contributed by atoms with Crippen molar-refractivity contribution >= 4 is 12.3 Å². The predicted octanol–water partition coefficient (Wildman–Crippen LogP) is 0.244. The van der Waals surface area contributed by atoms with Gasteiger partial charge in [-0.2, -0.15) is 0 Å². The largest absolute Gasteiger partial charge is 0.494 e. The van der Waals surface area contributed by atoms with Crippen LogP contribution in [0.2, 0.25) is 0 Å². The van der Waals surface area contributed by atoms with E-state index in [-0.39, 0.29) is 18.0 Å². The summed E-state index contributed by atoms with van der Waals surface area (Å²) in [6.07, 6.45) is 6.42. The van der Waals surface area contributed by atoms with Gasteiger partial charge in [0.05, 0.1) is 5.70 Å². The standard InChI is InChI=1S/C11H11N3O3/c1-2-14-10(16)8(9(15)13-11(14)17)6-7-4-3-5-12-7/h3-6,16H,2H2,1H3,(H,13,15,17)/b7-6+. The molecule has 2 N–H and O–H groups in total. The summed E-state index contributed by atoms with van der Waals surface area (Å²) >= 11 is 0. The number of H-pyrrole nitrogens is 1. The van der Waals surface area contributed by atoms with Gasteiger partial charge in [0.2, 0.25) is 5.88 Å². The molecular formula is C11H11N3O3. The Morgan fingerprint density at radius 3 is 2.88 bits per heavy atom. The Morgan fingerprint density at radius 2 is 2.29 bits per heavy atom. The van der Waals surface area contributed by atoms with Crippen LogP contribution in [0.5, 0.6) is 5.88 Å². The maximum absolute atomic E-state index is 11.6. The van der Waals surface area contributed by atoms with E-state index in [1.165, 1.54) is 6.08 Å². The van der Waals surface area contributed by atoms with E-state index in [9.17, 15) is 14.7 Å². The van der Waals surface area contributed by atoms with Crippen LogP contribution in [0.15, 0.2) is 32.4 Å². The highest BCUT2D eigenvalue weighted by Gasteiger charge is 2.11. The summed E-state index contributed by atoms with van der Waals surface area (Å²) in [7, 11) is 0. The summed E-state index contributed by atoms with van der Waals surface area (Å²) in [5, 5.41) is 9.83. The van der Waals surface area contributed by atoms with Crippen LogP contribution < -0.4 is 11.2 Å². The first kappa shape index (κ1) is 11.1. The second-order valence-electron chi connectivity index (χ2n) is 3.45. The average molecular weight is 233 g/mol. The molecule has 1 aromatic rings. The third-order valence-corrected chi connectivity index (χ3v) is 2.39. The van der Waals surface area contributed by atoms with Crippen LogP contribution in [0, 0.1) is 0 Å². The van der Waals surface area contributed by atoms with Gasteiger partial charge in [-0.15, -0.1) is 0 Å². The number of aromatic nitrogens is 2. The molecule has 0 aliphatic carbocycles. The minimum absolute atomic E-state index is 0.0325. The van der Waals surface area contributed by atoms with Gasteiger partial charge >= 0.3 is 5.69 Å². The summed E-state index contributed by atoms with van der Waals surface area (Å²) in [5.41, 5.74) is -0.667. The van der Waals surface area contributed by atoms with E-state index in [0.29, 0.717) is 5.70 Å². The molecule has 0 saturated heterocycles. The number of aliphatic imine (C=N–C) groups is 1. The van der Waals surface area contributed by atoms with Crippen LogP contribution >= 0.6 is 0 Å². The van der Waals surface area contributed by atoms with E-state index in [1.807, 2.05) is 0 Å². The molecule has 1 aromatic heterocycles. The topological polar surface area (TPSA) is 87.4 Å². The highest BCUT2D eigenvalue weighted by atomic mass is 16.3. The number of nitrogens with one attached hydrogen (secondary N) is 1. The molecular weight excluding hydrogens is 222 g/mol. The fraction of sp³-hybridized carbons (Fsp3) is 0.182. The van der Waals surface area contributed by atoms with Crippen molar-refractivity contribution in [1.29, 1.82) is 0 Å². The molecule has 1 aliphatic rings. The van der Waals surface area contributed by atoms with Gasteiger partial charge in [0.15, 0.2) is 0 Å². The van der Waals surface area contributed by atoms with Crippen LogP contribution in [-0.2, 0) is 6.54 Å². The summed E-state index contributed by atoms with van der Waals surface area (Å²) in [6, 6.07) is 0. The Bertz CT molecular complexity index is 633. The number of nitrogens with zero attached hydrogens (tertiary/aromatic N) is 2. The highest BCUT2D eigenvalue weighted by molar-refractivity contribution is 5.79. The van der Waals surface area contributed by atoms with Crippen molar-refractivity contribution in [3.05, 3.63) is 44.3 Å². The minimum Gasteiger partial charge on any atom is -0.494 e. The number of aromatic amines is 1. The van der Waals surface area contributed by atoms with Crippen LogP contribution in [0.3, 0.4) is 0 Å². The lowest BCUT2D eigenvalue weighted by molar-refractivity contribution is 0.404. The molecule has 0 bridgehead atoms. The molecule has 0 fully saturated rings. The maximum atomic E-state index is 11.6. The van der Waals surface area contributed by atoms with Crippen molar-refractivity contribution < 1.29 is 5.11 Å². The third kappa shape index (κ3) is 1.96. The smallest absolute Gasteiger partial charge is 0.331 e. The fourth-order valence-electron chi connectivity index (χ4n) is 1.55. The monoisotopic (exact) mass is 233 g/mol. The average Bonchev–Trinajstić information content (AvgIpc) is 2.77. The zero-order valence-electron chi connectivity index (χ0n) is 9.17. The summed E-state index contributed by atoms with van der Waals surface area (Å²) < 4.78 is 1.08. The third-order valence-electron chi connectivity index (χ3n) is 2.39. The van der Waals surface area contributed by atoms with E-state index in [1.54, 1.807) is 25.3 Å². The molecule has 0 spiro atoms. The number of aromatic hydroxyl groups is 1. The van der Waals surface area contributed by atoms with Gasteiger partial charge in [-0.1, -0.05) is 0 Å². The Balaban J connectivity index is 2.66. The highest BCUT2D eigenvalue weighted by Crippen LogP contribution is 2.16. The molecule has 6 heteroatoms. The molecule has 0 unspecified atom stereocenters. The van der Waals surface area contributed by atoms with Gasteiger partial charge in [-0.25, -0.2) is 4.79 Å². The van der Waals surface area contributed by atoms with E-state index < -0.39 is 11.2 Å². The summed E-state index contributed by atoms with van der Waals surface area (Å²) in [5.74, 6) is -0.343. The molecule has 0 amide bonds. The summed E-state index contributed by atoms with van der Waals surface area (Å²) in [4.78, 5) is 29.0. The molecule has 0 aromatic carbocycles. The lowest BCUT2D eigenvalue weighted by atomic mass is 10.2. The Kier molecular flexibility index (Phi) is 2.78. The lowest BCUT2D eigenvalue weighted by Crippen LogP contribution is -2.30. The number of hydrogen-bond donors (Lipinski definition) is 2. The lowest BCUT2D eigenvalue weighted by Gasteiger charge is -2.06. The predicted molar refractivity (Wildman–Crippen MR) is 64.3 cm³/mol. The van der Waals surface area contributed by atoms with Gasteiger partial charge in [0, 0.05) is 12.8 Å². The van der Waals surface area contributed by atoms with Crippen molar-refractivity contribution in [3.63, 3.8) is 0 Å². The van der Waals surface area contributed by atoms with E-state index in [4.69, 9.17) is 0 Å². The Morgan fingerprint density at radius 1 is 1.53 bits per heavy atom. The maximum Gasteiger partial charge on any atom is 0.331 e. The van der Waals surface area contributed by atoms with Crippen molar-refractivity contribution in [2.45, 2.75) is 13.5 Å². The first-order valence-corrected chi connectivity index (χ1v) is 5.12. The van der Waals surface area contributed by atoms with E-state index in [2.05, 4.69) is 9.98 Å². The van der Waals surface area contributed by atoms with Crippen LogP contribution in [0.4, 0.5) is 0 Å². The molecule has 88 valence electrons. The van der Waals surface area contributed by atoms with Crippen molar-refractivity contribution in [3.8, 4) is 5.88 Å². The molecule has 0 atom stereocenters. The first-order valence-electron chi connectivity index (χ1n) is 5.12. The molecule has 1 aliphatic heterocycles. The molecule has 2 rings (SSSR count). The molecule has 0 saturated carbocycles. The van der Waals surface area contributed by atoms with Gasteiger partial charge in [-0.3, -0.25) is 19.3 Å². The van der Waals surface area contributed by atoms with Gasteiger partial charge in [0.1, 0.15) is 5.56 Å². The van der Waals surface area contributed by atoms with Crippen LogP contribution in [-0.4, -0.2) is 20.9 Å². The Labute approximate surface area is 96.3 Å². The van der Waals surface area contributed by atoms with E-state index in [0.717, 1.165) is 4.57 Å². The quantitative estimate of drug-likeness (QED) is 0.767. The molecule has 0 radical (unpaired) electrons. The number of rotatable bonds is 2. The second kappa shape index (κ2) is 4.25. The minimum atomic E-state index is -0.625. The van der Waals surface area contributed by atoms with E-state index >= 15 is 0 Å². The molecule has 6 nitrogen and oxygen atoms in total.